The van der Waals surface area contributed by atoms with Gasteiger partial charge in [-0.15, -0.1) is 22.9 Å². The van der Waals surface area contributed by atoms with Crippen LogP contribution in [0.4, 0.5) is 0 Å². The highest BCUT2D eigenvalue weighted by atomic mass is 35.5. The lowest BCUT2D eigenvalue weighted by Crippen LogP contribution is -1.80. The lowest BCUT2D eigenvalue weighted by molar-refractivity contribution is 0.285. The Balaban J connectivity index is 2.69. The first-order valence-electron chi connectivity index (χ1n) is 3.60. The van der Waals surface area contributed by atoms with Gasteiger partial charge < -0.3 is 5.11 Å². The normalized spacial score (nSPS) is 9.17. The number of aliphatic hydroxyl groups excluding tert-OH is 1. The fourth-order valence-electron chi connectivity index (χ4n) is 0.779. The van der Waals surface area contributed by atoms with Crippen molar-refractivity contribution in [2.45, 2.75) is 13.0 Å². The van der Waals surface area contributed by atoms with Gasteiger partial charge in [-0.3, -0.25) is 0 Å². The molecule has 1 heterocycles. The van der Waals surface area contributed by atoms with Crippen molar-refractivity contribution < 1.29 is 5.11 Å². The minimum Gasteiger partial charge on any atom is -0.391 e. The van der Waals surface area contributed by atoms with Crippen LogP contribution in [0.25, 0.3) is 0 Å². The van der Waals surface area contributed by atoms with Crippen LogP contribution in [0.3, 0.4) is 0 Å². The van der Waals surface area contributed by atoms with E-state index in [9.17, 15) is 0 Å². The number of aliphatic hydroxyl groups is 1. The molecular formula is C9H9ClOS. The second kappa shape index (κ2) is 5.21. The van der Waals surface area contributed by atoms with Gasteiger partial charge in [-0.1, -0.05) is 11.8 Å². The van der Waals surface area contributed by atoms with Crippen molar-refractivity contribution in [1.29, 1.82) is 0 Å². The number of halogens is 1. The Hall–Kier alpha value is -0.490. The SMILES string of the molecule is OCc1sccc1C#CCCCl. The van der Waals surface area contributed by atoms with E-state index >= 15 is 0 Å². The predicted octanol–water partition coefficient (Wildman–Crippen LogP) is 2.22. The highest BCUT2D eigenvalue weighted by Gasteiger charge is 1.97. The van der Waals surface area contributed by atoms with Crippen LogP contribution in [0.2, 0.25) is 0 Å². The second-order valence-corrected chi connectivity index (χ2v) is 3.53. The average molecular weight is 201 g/mol. The summed E-state index contributed by atoms with van der Waals surface area (Å²) in [6, 6.07) is 1.91. The summed E-state index contributed by atoms with van der Waals surface area (Å²) in [6.45, 7) is 0.0720. The Bertz CT molecular complexity index is 295. The molecule has 0 aromatic carbocycles. The molecule has 1 nitrogen and oxygen atoms in total. The Labute approximate surface area is 81.0 Å². The van der Waals surface area contributed by atoms with E-state index < -0.39 is 0 Å². The lowest BCUT2D eigenvalue weighted by Gasteiger charge is -1.88. The molecule has 0 saturated heterocycles. The highest BCUT2D eigenvalue weighted by molar-refractivity contribution is 7.10. The van der Waals surface area contributed by atoms with Crippen LogP contribution >= 0.6 is 22.9 Å². The zero-order valence-corrected chi connectivity index (χ0v) is 8.08. The minimum atomic E-state index is 0.0720. The molecule has 0 aliphatic heterocycles. The topological polar surface area (TPSA) is 20.2 Å². The molecule has 0 unspecified atom stereocenters. The fraction of sp³-hybridized carbons (Fsp3) is 0.333. The van der Waals surface area contributed by atoms with Crippen LogP contribution in [0.5, 0.6) is 0 Å². The smallest absolute Gasteiger partial charge is 0.0787 e. The van der Waals surface area contributed by atoms with Crippen molar-refractivity contribution in [3.63, 3.8) is 0 Å². The first-order chi connectivity index (χ1) is 5.88. The second-order valence-electron chi connectivity index (χ2n) is 2.16. The number of rotatable bonds is 2. The van der Waals surface area contributed by atoms with Crippen molar-refractivity contribution in [2.75, 3.05) is 5.88 Å². The van der Waals surface area contributed by atoms with E-state index in [2.05, 4.69) is 11.8 Å². The van der Waals surface area contributed by atoms with Crippen molar-refractivity contribution >= 4 is 22.9 Å². The Kier molecular flexibility index (Phi) is 4.16. The standard InChI is InChI=1S/C9H9ClOS/c10-5-2-1-3-8-4-6-12-9(8)7-11/h4,6,11H,2,5,7H2. The van der Waals surface area contributed by atoms with Gasteiger partial charge in [0.1, 0.15) is 0 Å². The van der Waals surface area contributed by atoms with E-state index in [0.29, 0.717) is 12.3 Å². The first-order valence-corrected chi connectivity index (χ1v) is 5.02. The maximum Gasteiger partial charge on any atom is 0.0787 e. The number of thiophene rings is 1. The third-order valence-corrected chi connectivity index (χ3v) is 2.43. The number of hydrogen-bond acceptors (Lipinski definition) is 2. The zero-order valence-electron chi connectivity index (χ0n) is 6.51. The van der Waals surface area contributed by atoms with Crippen LogP contribution in [-0.4, -0.2) is 11.0 Å². The molecule has 0 spiro atoms. The molecule has 1 N–H and O–H groups in total. The summed E-state index contributed by atoms with van der Waals surface area (Å²) in [5, 5.41) is 10.8. The zero-order chi connectivity index (χ0) is 8.81. The van der Waals surface area contributed by atoms with Crippen molar-refractivity contribution in [3.8, 4) is 11.8 Å². The van der Waals surface area contributed by atoms with Crippen LogP contribution in [0.15, 0.2) is 11.4 Å². The van der Waals surface area contributed by atoms with Crippen molar-refractivity contribution in [1.82, 2.24) is 0 Å². The average Bonchev–Trinajstić information content (AvgIpc) is 2.52. The van der Waals surface area contributed by atoms with Gasteiger partial charge in [0.2, 0.25) is 0 Å². The summed E-state index contributed by atoms with van der Waals surface area (Å²) in [4.78, 5) is 0.928. The van der Waals surface area contributed by atoms with Gasteiger partial charge in [-0.25, -0.2) is 0 Å². The molecule has 12 heavy (non-hydrogen) atoms. The third-order valence-electron chi connectivity index (χ3n) is 1.33. The van der Waals surface area contributed by atoms with Gasteiger partial charge in [-0.05, 0) is 11.4 Å². The molecule has 1 aromatic heterocycles. The van der Waals surface area contributed by atoms with E-state index in [-0.39, 0.29) is 6.61 Å². The third kappa shape index (κ3) is 2.53. The minimum absolute atomic E-state index is 0.0720. The van der Waals surface area contributed by atoms with E-state index in [0.717, 1.165) is 10.4 Å². The molecule has 0 amide bonds. The Morgan fingerprint density at radius 3 is 3.08 bits per heavy atom. The molecule has 0 aliphatic carbocycles. The molecule has 0 radical (unpaired) electrons. The summed E-state index contributed by atoms with van der Waals surface area (Å²) in [5.41, 5.74) is 0.924. The molecule has 64 valence electrons. The van der Waals surface area contributed by atoms with Crippen LogP contribution in [0.1, 0.15) is 16.9 Å². The number of hydrogen-bond donors (Lipinski definition) is 1. The van der Waals surface area contributed by atoms with Gasteiger partial charge in [0.25, 0.3) is 0 Å². The van der Waals surface area contributed by atoms with Gasteiger partial charge in [0, 0.05) is 22.7 Å². The molecule has 0 fully saturated rings. The van der Waals surface area contributed by atoms with Gasteiger partial charge in [-0.2, -0.15) is 0 Å². The maximum atomic E-state index is 8.88. The van der Waals surface area contributed by atoms with Gasteiger partial charge in [0.15, 0.2) is 0 Å². The van der Waals surface area contributed by atoms with Crippen LogP contribution in [0, 0.1) is 11.8 Å². The Morgan fingerprint density at radius 1 is 1.58 bits per heavy atom. The fourth-order valence-corrected chi connectivity index (χ4v) is 1.56. The molecule has 1 rings (SSSR count). The number of alkyl halides is 1. The first kappa shape index (κ1) is 9.60. The largest absolute Gasteiger partial charge is 0.391 e. The summed E-state index contributed by atoms with van der Waals surface area (Å²) < 4.78 is 0. The molecule has 0 saturated carbocycles. The van der Waals surface area contributed by atoms with Crippen LogP contribution < -0.4 is 0 Å². The molecule has 0 bridgehead atoms. The van der Waals surface area contributed by atoms with Crippen molar-refractivity contribution in [2.24, 2.45) is 0 Å². The van der Waals surface area contributed by atoms with Gasteiger partial charge >= 0.3 is 0 Å². The van der Waals surface area contributed by atoms with E-state index in [1.165, 1.54) is 11.3 Å². The Morgan fingerprint density at radius 2 is 2.42 bits per heavy atom. The summed E-state index contributed by atoms with van der Waals surface area (Å²) in [5.74, 6) is 6.45. The summed E-state index contributed by atoms with van der Waals surface area (Å²) in [7, 11) is 0. The molecular weight excluding hydrogens is 192 g/mol. The quantitative estimate of drug-likeness (QED) is 0.574. The molecule has 0 aliphatic rings. The van der Waals surface area contributed by atoms with E-state index in [4.69, 9.17) is 16.7 Å². The predicted molar refractivity (Wildman–Crippen MR) is 52.5 cm³/mol. The molecule has 0 atom stereocenters. The van der Waals surface area contributed by atoms with E-state index in [1.54, 1.807) is 0 Å². The monoisotopic (exact) mass is 200 g/mol. The molecule has 1 aromatic rings. The van der Waals surface area contributed by atoms with Crippen molar-refractivity contribution in [3.05, 3.63) is 21.9 Å². The van der Waals surface area contributed by atoms with Gasteiger partial charge in [0.05, 0.1) is 6.61 Å². The van der Waals surface area contributed by atoms with Crippen LogP contribution in [-0.2, 0) is 6.61 Å². The summed E-state index contributed by atoms with van der Waals surface area (Å²) in [6.07, 6.45) is 0.697. The summed E-state index contributed by atoms with van der Waals surface area (Å²) >= 11 is 6.99. The van der Waals surface area contributed by atoms with E-state index in [1.807, 2.05) is 11.4 Å². The molecule has 3 heteroatoms. The highest BCUT2D eigenvalue weighted by Crippen LogP contribution is 2.14. The maximum absolute atomic E-state index is 8.88. The lowest BCUT2D eigenvalue weighted by atomic mass is 10.2.